The van der Waals surface area contributed by atoms with Gasteiger partial charge in [0, 0.05) is 11.3 Å². The van der Waals surface area contributed by atoms with Gasteiger partial charge < -0.3 is 15.4 Å². The second kappa shape index (κ2) is 11.9. The minimum atomic E-state index is -4.60. The third-order valence-corrected chi connectivity index (χ3v) is 5.69. The van der Waals surface area contributed by atoms with E-state index in [-0.39, 0.29) is 16.3 Å². The van der Waals surface area contributed by atoms with Crippen LogP contribution in [0, 0.1) is 5.92 Å². The van der Waals surface area contributed by atoms with Crippen molar-refractivity contribution in [1.29, 1.82) is 0 Å². The zero-order valence-corrected chi connectivity index (χ0v) is 20.6. The number of ether oxygens (including phenoxy) is 1. The molecule has 0 fully saturated rings. The van der Waals surface area contributed by atoms with E-state index in [1.165, 1.54) is 30.3 Å². The van der Waals surface area contributed by atoms with Crippen molar-refractivity contribution in [2.75, 3.05) is 5.32 Å². The fourth-order valence-electron chi connectivity index (χ4n) is 3.43. The van der Waals surface area contributed by atoms with Crippen LogP contribution in [0.15, 0.2) is 78.9 Å². The minimum absolute atomic E-state index is 0.121. The molecular formula is C27H24ClF3N2O4. The van der Waals surface area contributed by atoms with Gasteiger partial charge in [-0.25, -0.2) is 4.79 Å². The second-order valence-corrected chi connectivity index (χ2v) is 8.88. The fraction of sp³-hybridized carbons (Fsp3) is 0.222. The number of rotatable bonds is 8. The van der Waals surface area contributed by atoms with Crippen LogP contribution in [0.1, 0.15) is 41.4 Å². The Morgan fingerprint density at radius 3 is 2.16 bits per heavy atom. The molecule has 6 nitrogen and oxygen atoms in total. The molecule has 0 aliphatic carbocycles. The zero-order valence-electron chi connectivity index (χ0n) is 19.9. The summed E-state index contributed by atoms with van der Waals surface area (Å²) in [6, 6.07) is 17.3. The molecule has 194 valence electrons. The second-order valence-electron chi connectivity index (χ2n) is 8.47. The molecule has 0 saturated carbocycles. The molecule has 37 heavy (non-hydrogen) atoms. The third-order valence-electron chi connectivity index (χ3n) is 5.36. The van der Waals surface area contributed by atoms with Crippen molar-refractivity contribution in [3.05, 3.63) is 101 Å². The summed E-state index contributed by atoms with van der Waals surface area (Å²) in [5, 5.41) is 5.16. The van der Waals surface area contributed by atoms with E-state index in [4.69, 9.17) is 16.3 Å². The van der Waals surface area contributed by atoms with Crippen LogP contribution in [0.4, 0.5) is 18.9 Å². The Morgan fingerprint density at radius 2 is 1.54 bits per heavy atom. The van der Waals surface area contributed by atoms with Crippen molar-refractivity contribution in [3.63, 3.8) is 0 Å². The highest BCUT2D eigenvalue weighted by Gasteiger charge is 2.33. The highest BCUT2D eigenvalue weighted by molar-refractivity contribution is 6.33. The number of alkyl halides is 3. The Labute approximate surface area is 216 Å². The number of hydrogen-bond acceptors (Lipinski definition) is 4. The number of anilines is 1. The lowest BCUT2D eigenvalue weighted by molar-refractivity contribution is -0.157. The summed E-state index contributed by atoms with van der Waals surface area (Å²) in [7, 11) is 0. The Morgan fingerprint density at radius 1 is 0.892 bits per heavy atom. The molecule has 0 saturated heterocycles. The van der Waals surface area contributed by atoms with Crippen LogP contribution >= 0.6 is 11.6 Å². The Hall–Kier alpha value is -3.85. The number of esters is 1. The predicted molar refractivity (Wildman–Crippen MR) is 133 cm³/mol. The highest BCUT2D eigenvalue weighted by atomic mass is 35.5. The molecule has 0 spiro atoms. The van der Waals surface area contributed by atoms with Crippen LogP contribution in [0.25, 0.3) is 0 Å². The molecule has 0 unspecified atom stereocenters. The van der Waals surface area contributed by atoms with Gasteiger partial charge >= 0.3 is 12.1 Å². The first-order chi connectivity index (χ1) is 17.5. The van der Waals surface area contributed by atoms with Crippen LogP contribution in [0.3, 0.4) is 0 Å². The maximum Gasteiger partial charge on any atom is 0.416 e. The van der Waals surface area contributed by atoms with Crippen molar-refractivity contribution in [2.45, 2.75) is 32.2 Å². The van der Waals surface area contributed by atoms with E-state index in [0.29, 0.717) is 5.56 Å². The zero-order chi connectivity index (χ0) is 27.2. The smallest absolute Gasteiger partial charge is 0.416 e. The normalized spacial score (nSPS) is 12.9. The van der Waals surface area contributed by atoms with Crippen LogP contribution < -0.4 is 10.6 Å². The highest BCUT2D eigenvalue weighted by Crippen LogP contribution is 2.31. The summed E-state index contributed by atoms with van der Waals surface area (Å²) < 4.78 is 44.8. The summed E-state index contributed by atoms with van der Waals surface area (Å²) in [4.78, 5) is 39.0. The average Bonchev–Trinajstić information content (AvgIpc) is 2.85. The van der Waals surface area contributed by atoms with Gasteiger partial charge in [-0.05, 0) is 36.2 Å². The molecule has 0 radical (unpaired) electrons. The minimum Gasteiger partial charge on any atom is -0.446 e. The van der Waals surface area contributed by atoms with Gasteiger partial charge in [0.15, 0.2) is 0 Å². The largest absolute Gasteiger partial charge is 0.446 e. The summed E-state index contributed by atoms with van der Waals surface area (Å²) in [5.74, 6) is -2.80. The van der Waals surface area contributed by atoms with Gasteiger partial charge in [-0.2, -0.15) is 13.2 Å². The van der Waals surface area contributed by atoms with E-state index >= 15 is 0 Å². The molecule has 0 heterocycles. The summed E-state index contributed by atoms with van der Waals surface area (Å²) in [5.41, 5.74) is -0.616. The van der Waals surface area contributed by atoms with Crippen LogP contribution in [0.2, 0.25) is 5.02 Å². The van der Waals surface area contributed by atoms with Crippen LogP contribution in [-0.4, -0.2) is 23.8 Å². The fourth-order valence-corrected chi connectivity index (χ4v) is 3.65. The Bertz CT molecular complexity index is 1270. The predicted octanol–water partition coefficient (Wildman–Crippen LogP) is 6.04. The lowest BCUT2D eigenvalue weighted by Crippen LogP contribution is -2.46. The van der Waals surface area contributed by atoms with Crippen molar-refractivity contribution in [1.82, 2.24) is 5.32 Å². The number of amides is 2. The van der Waals surface area contributed by atoms with E-state index in [1.807, 2.05) is 0 Å². The lowest BCUT2D eigenvalue weighted by atomic mass is 10.0. The van der Waals surface area contributed by atoms with E-state index in [1.54, 1.807) is 44.2 Å². The molecule has 3 rings (SSSR count). The van der Waals surface area contributed by atoms with Gasteiger partial charge in [0.2, 0.25) is 6.10 Å². The van der Waals surface area contributed by atoms with E-state index in [0.717, 1.165) is 18.2 Å². The molecular weight excluding hydrogens is 509 g/mol. The number of benzene rings is 3. The van der Waals surface area contributed by atoms with Crippen LogP contribution in [-0.2, 0) is 20.5 Å². The number of carbonyl (C=O) groups excluding carboxylic acids is 3. The summed E-state index contributed by atoms with van der Waals surface area (Å²) >= 11 is 6.08. The Kier molecular flexibility index (Phi) is 8.94. The molecule has 2 amide bonds. The molecule has 0 aromatic heterocycles. The van der Waals surface area contributed by atoms with Crippen molar-refractivity contribution in [3.8, 4) is 0 Å². The van der Waals surface area contributed by atoms with Gasteiger partial charge in [-0.3, -0.25) is 9.59 Å². The molecule has 2 N–H and O–H groups in total. The maximum absolute atomic E-state index is 13.2. The van der Waals surface area contributed by atoms with Gasteiger partial charge in [0.05, 0.1) is 16.1 Å². The van der Waals surface area contributed by atoms with E-state index in [2.05, 4.69) is 10.6 Å². The molecule has 0 aliphatic heterocycles. The van der Waals surface area contributed by atoms with Gasteiger partial charge in [0.25, 0.3) is 11.8 Å². The van der Waals surface area contributed by atoms with Crippen molar-refractivity contribution < 1.29 is 32.3 Å². The first-order valence-corrected chi connectivity index (χ1v) is 11.6. The monoisotopic (exact) mass is 532 g/mol. The average molecular weight is 533 g/mol. The van der Waals surface area contributed by atoms with Gasteiger partial charge in [-0.1, -0.05) is 74.0 Å². The molecule has 10 heteroatoms. The maximum atomic E-state index is 13.2. The number of nitrogens with one attached hydrogen (secondary N) is 2. The quantitative estimate of drug-likeness (QED) is 0.347. The molecule has 3 aromatic carbocycles. The SMILES string of the molecule is CC(C)[C@H](NC(=O)c1ccccc1Cl)C(=O)O[C@H](C(=O)Nc1cccc(C(F)(F)F)c1)c1ccccc1. The van der Waals surface area contributed by atoms with Gasteiger partial charge in [-0.15, -0.1) is 0 Å². The first kappa shape index (κ1) is 27.7. The third kappa shape index (κ3) is 7.33. The van der Waals surface area contributed by atoms with Gasteiger partial charge in [0.1, 0.15) is 6.04 Å². The Balaban J connectivity index is 1.84. The number of halogens is 4. The van der Waals surface area contributed by atoms with Crippen molar-refractivity contribution >= 4 is 35.1 Å². The molecule has 3 aromatic rings. The summed E-state index contributed by atoms with van der Waals surface area (Å²) in [6.45, 7) is 3.36. The standard InChI is InChI=1S/C27H24ClF3N2O4/c1-16(2)22(33-24(34)20-13-6-7-14-21(20)28)26(36)37-23(17-9-4-3-5-10-17)25(35)32-19-12-8-11-18(15-19)27(29,30)31/h3-16,22-23H,1-2H3,(H,32,35)(H,33,34)/t22-,23-/m0/s1. The molecule has 0 aliphatic rings. The number of carbonyl (C=O) groups is 3. The van der Waals surface area contributed by atoms with Crippen LogP contribution in [0.5, 0.6) is 0 Å². The molecule has 0 bridgehead atoms. The topological polar surface area (TPSA) is 84.5 Å². The van der Waals surface area contributed by atoms with E-state index < -0.39 is 47.6 Å². The lowest BCUT2D eigenvalue weighted by Gasteiger charge is -2.25. The summed E-state index contributed by atoms with van der Waals surface area (Å²) in [6.07, 6.45) is -6.10. The molecule has 2 atom stereocenters. The van der Waals surface area contributed by atoms with E-state index in [9.17, 15) is 27.6 Å². The van der Waals surface area contributed by atoms with Crippen molar-refractivity contribution in [2.24, 2.45) is 5.92 Å². The number of hydrogen-bond donors (Lipinski definition) is 2. The first-order valence-electron chi connectivity index (χ1n) is 11.3.